The SMILES string of the molecule is COC(=O)C(C)C1C(=O)N(C2CCCCC2)C(=O)N(C2CCCCC2)C1=O. The van der Waals surface area contributed by atoms with Gasteiger partial charge in [-0.1, -0.05) is 45.4 Å². The van der Waals surface area contributed by atoms with Crippen LogP contribution in [0.2, 0.25) is 0 Å². The Bertz CT molecular complexity index is 567. The minimum atomic E-state index is -1.17. The highest BCUT2D eigenvalue weighted by molar-refractivity contribution is 6.17. The first-order valence-corrected chi connectivity index (χ1v) is 10.2. The van der Waals surface area contributed by atoms with Gasteiger partial charge in [0, 0.05) is 12.1 Å². The number of carbonyl (C=O) groups excluding carboxylic acids is 4. The van der Waals surface area contributed by atoms with Gasteiger partial charge in [-0.05, 0) is 25.7 Å². The molecule has 27 heavy (non-hydrogen) atoms. The maximum absolute atomic E-state index is 13.2. The second-order valence-electron chi connectivity index (χ2n) is 8.07. The maximum Gasteiger partial charge on any atom is 0.333 e. The van der Waals surface area contributed by atoms with Gasteiger partial charge in [-0.25, -0.2) is 4.79 Å². The van der Waals surface area contributed by atoms with E-state index in [1.54, 1.807) is 6.92 Å². The van der Waals surface area contributed by atoms with Crippen molar-refractivity contribution in [2.75, 3.05) is 7.11 Å². The van der Waals surface area contributed by atoms with Crippen molar-refractivity contribution in [1.29, 1.82) is 0 Å². The highest BCUT2D eigenvalue weighted by Crippen LogP contribution is 2.35. The van der Waals surface area contributed by atoms with E-state index in [9.17, 15) is 19.2 Å². The molecule has 1 saturated heterocycles. The zero-order valence-electron chi connectivity index (χ0n) is 16.3. The van der Waals surface area contributed by atoms with Gasteiger partial charge in [-0.15, -0.1) is 0 Å². The van der Waals surface area contributed by atoms with E-state index >= 15 is 0 Å². The van der Waals surface area contributed by atoms with Crippen LogP contribution >= 0.6 is 0 Å². The summed E-state index contributed by atoms with van der Waals surface area (Å²) in [6.45, 7) is 1.54. The summed E-state index contributed by atoms with van der Waals surface area (Å²) in [6.07, 6.45) is 9.14. The minimum Gasteiger partial charge on any atom is -0.469 e. The fourth-order valence-corrected chi connectivity index (χ4v) is 4.81. The Morgan fingerprint density at radius 3 is 1.63 bits per heavy atom. The zero-order chi connectivity index (χ0) is 19.6. The number of nitrogens with zero attached hydrogens (tertiary/aromatic N) is 2. The molecule has 0 bridgehead atoms. The van der Waals surface area contributed by atoms with Crippen molar-refractivity contribution in [2.24, 2.45) is 11.8 Å². The number of hydrogen-bond donors (Lipinski definition) is 0. The molecular formula is C20H30N2O5. The average molecular weight is 378 g/mol. The molecule has 7 nitrogen and oxygen atoms in total. The van der Waals surface area contributed by atoms with E-state index in [2.05, 4.69) is 0 Å². The maximum atomic E-state index is 13.2. The van der Waals surface area contributed by atoms with Crippen LogP contribution in [0.4, 0.5) is 4.79 Å². The first kappa shape index (κ1) is 19.8. The summed E-state index contributed by atoms with van der Waals surface area (Å²) in [5, 5.41) is 0. The molecule has 3 aliphatic rings. The number of carbonyl (C=O) groups is 4. The Labute approximate surface area is 160 Å². The number of imide groups is 2. The predicted octanol–water partition coefficient (Wildman–Crippen LogP) is 2.87. The van der Waals surface area contributed by atoms with E-state index in [-0.39, 0.29) is 12.1 Å². The summed E-state index contributed by atoms with van der Waals surface area (Å²) in [4.78, 5) is 54.3. The van der Waals surface area contributed by atoms with Crippen LogP contribution in [-0.2, 0) is 19.1 Å². The molecule has 3 rings (SSSR count). The number of hydrogen-bond acceptors (Lipinski definition) is 5. The fourth-order valence-electron chi connectivity index (χ4n) is 4.81. The molecule has 1 aliphatic heterocycles. The molecule has 4 amide bonds. The molecule has 2 aliphatic carbocycles. The van der Waals surface area contributed by atoms with Crippen molar-refractivity contribution >= 4 is 23.8 Å². The van der Waals surface area contributed by atoms with Crippen LogP contribution in [0.1, 0.15) is 71.1 Å². The molecule has 7 heteroatoms. The number of methoxy groups -OCH3 is 1. The number of amides is 4. The van der Waals surface area contributed by atoms with Crippen molar-refractivity contribution in [1.82, 2.24) is 9.80 Å². The lowest BCUT2D eigenvalue weighted by Crippen LogP contribution is -2.66. The molecule has 0 aromatic rings. The lowest BCUT2D eigenvalue weighted by atomic mass is 9.85. The van der Waals surface area contributed by atoms with Crippen molar-refractivity contribution < 1.29 is 23.9 Å². The molecule has 2 saturated carbocycles. The van der Waals surface area contributed by atoms with E-state index in [0.717, 1.165) is 64.2 Å². The van der Waals surface area contributed by atoms with Gasteiger partial charge in [0.15, 0.2) is 0 Å². The molecule has 1 heterocycles. The van der Waals surface area contributed by atoms with Gasteiger partial charge >= 0.3 is 12.0 Å². The monoisotopic (exact) mass is 378 g/mol. The smallest absolute Gasteiger partial charge is 0.333 e. The van der Waals surface area contributed by atoms with Crippen LogP contribution < -0.4 is 0 Å². The number of urea groups is 1. The lowest BCUT2D eigenvalue weighted by Gasteiger charge is -2.45. The Balaban J connectivity index is 1.95. The molecule has 0 spiro atoms. The van der Waals surface area contributed by atoms with Gasteiger partial charge in [0.05, 0.1) is 13.0 Å². The quantitative estimate of drug-likeness (QED) is 0.555. The first-order chi connectivity index (χ1) is 13.0. The molecule has 1 atom stereocenters. The van der Waals surface area contributed by atoms with Crippen LogP contribution in [0.25, 0.3) is 0 Å². The molecule has 0 aromatic heterocycles. The number of ether oxygens (including phenoxy) is 1. The third-order valence-corrected chi connectivity index (χ3v) is 6.37. The predicted molar refractivity (Wildman–Crippen MR) is 97.5 cm³/mol. The summed E-state index contributed by atoms with van der Waals surface area (Å²) in [7, 11) is 1.25. The van der Waals surface area contributed by atoms with Gasteiger partial charge in [0.1, 0.15) is 5.92 Å². The van der Waals surface area contributed by atoms with Gasteiger partial charge in [0.25, 0.3) is 0 Å². The molecule has 0 aromatic carbocycles. The second kappa shape index (κ2) is 8.40. The third kappa shape index (κ3) is 3.73. The Hall–Kier alpha value is -1.92. The van der Waals surface area contributed by atoms with E-state index in [4.69, 9.17) is 4.74 Å². The van der Waals surface area contributed by atoms with Gasteiger partial charge in [-0.2, -0.15) is 0 Å². The van der Waals surface area contributed by atoms with Crippen molar-refractivity contribution in [3.8, 4) is 0 Å². The molecule has 1 unspecified atom stereocenters. The van der Waals surface area contributed by atoms with Crippen LogP contribution in [0.15, 0.2) is 0 Å². The molecular weight excluding hydrogens is 348 g/mol. The minimum absolute atomic E-state index is 0.176. The standard InChI is InChI=1S/C20H30N2O5/c1-13(19(25)27-2)16-17(23)21(14-9-5-3-6-10-14)20(26)22(18(16)24)15-11-7-4-8-12-15/h13-16H,3-12H2,1-2H3. The normalized spacial score (nSPS) is 25.0. The van der Waals surface area contributed by atoms with E-state index < -0.39 is 35.7 Å². The number of barbiturate groups is 1. The summed E-state index contributed by atoms with van der Waals surface area (Å²) < 4.78 is 4.78. The fraction of sp³-hybridized carbons (Fsp3) is 0.800. The Morgan fingerprint density at radius 1 is 0.852 bits per heavy atom. The van der Waals surface area contributed by atoms with Crippen molar-refractivity contribution in [3.63, 3.8) is 0 Å². The highest BCUT2D eigenvalue weighted by atomic mass is 16.5. The van der Waals surface area contributed by atoms with Gasteiger partial charge in [-0.3, -0.25) is 24.2 Å². The Kier molecular flexibility index (Phi) is 6.17. The Morgan fingerprint density at radius 2 is 1.26 bits per heavy atom. The summed E-state index contributed by atoms with van der Waals surface area (Å²) in [5.41, 5.74) is 0. The van der Waals surface area contributed by atoms with E-state index in [1.807, 2.05) is 0 Å². The van der Waals surface area contributed by atoms with Gasteiger partial charge < -0.3 is 4.74 Å². The van der Waals surface area contributed by atoms with Crippen LogP contribution in [0, 0.1) is 11.8 Å². The molecule has 0 radical (unpaired) electrons. The summed E-state index contributed by atoms with van der Waals surface area (Å²) >= 11 is 0. The van der Waals surface area contributed by atoms with Gasteiger partial charge in [0.2, 0.25) is 11.8 Å². The topological polar surface area (TPSA) is 84.0 Å². The van der Waals surface area contributed by atoms with E-state index in [1.165, 1.54) is 16.9 Å². The zero-order valence-corrected chi connectivity index (χ0v) is 16.3. The molecule has 150 valence electrons. The van der Waals surface area contributed by atoms with Crippen LogP contribution in [0.3, 0.4) is 0 Å². The van der Waals surface area contributed by atoms with Crippen molar-refractivity contribution in [3.05, 3.63) is 0 Å². The van der Waals surface area contributed by atoms with Crippen LogP contribution in [0.5, 0.6) is 0 Å². The largest absolute Gasteiger partial charge is 0.469 e. The third-order valence-electron chi connectivity index (χ3n) is 6.37. The molecule has 0 N–H and O–H groups in total. The number of esters is 1. The molecule has 3 fully saturated rings. The van der Waals surface area contributed by atoms with E-state index in [0.29, 0.717) is 0 Å². The number of rotatable bonds is 4. The second-order valence-corrected chi connectivity index (χ2v) is 8.07. The first-order valence-electron chi connectivity index (χ1n) is 10.2. The lowest BCUT2D eigenvalue weighted by molar-refractivity contribution is -0.163. The average Bonchev–Trinajstić information content (AvgIpc) is 2.69. The summed E-state index contributed by atoms with van der Waals surface area (Å²) in [6, 6.07) is -0.826. The van der Waals surface area contributed by atoms with Crippen LogP contribution in [-0.4, -0.2) is 52.8 Å². The summed E-state index contributed by atoms with van der Waals surface area (Å²) in [5.74, 6) is -3.72. The highest BCUT2D eigenvalue weighted by Gasteiger charge is 2.53. The van der Waals surface area contributed by atoms with Crippen molar-refractivity contribution in [2.45, 2.75) is 83.2 Å².